The zero-order valence-corrected chi connectivity index (χ0v) is 14.0. The summed E-state index contributed by atoms with van der Waals surface area (Å²) in [4.78, 5) is 16.3. The predicted molar refractivity (Wildman–Crippen MR) is 88.8 cm³/mol. The Balaban J connectivity index is 2.01. The maximum atomic E-state index is 11.8. The van der Waals surface area contributed by atoms with E-state index in [2.05, 4.69) is 4.98 Å². The maximum Gasteiger partial charge on any atom is 0.496 e. The molecule has 2 aromatic rings. The van der Waals surface area contributed by atoms with Crippen molar-refractivity contribution < 1.29 is 18.8 Å². The first kappa shape index (κ1) is 16.0. The third kappa shape index (κ3) is 2.62. The van der Waals surface area contributed by atoms with Gasteiger partial charge in [0.2, 0.25) is 0 Å². The zero-order valence-electron chi connectivity index (χ0n) is 14.0. The van der Waals surface area contributed by atoms with Crippen molar-refractivity contribution in [3.05, 3.63) is 36.0 Å². The molecule has 0 unspecified atom stereocenters. The van der Waals surface area contributed by atoms with E-state index in [-0.39, 0.29) is 0 Å². The largest absolute Gasteiger partial charge is 0.496 e. The highest BCUT2D eigenvalue weighted by Crippen LogP contribution is 2.36. The van der Waals surface area contributed by atoms with Crippen LogP contribution in [0.25, 0.3) is 10.9 Å². The number of methoxy groups -OCH3 is 1. The van der Waals surface area contributed by atoms with E-state index in [1.165, 1.54) is 7.11 Å². The highest BCUT2D eigenvalue weighted by atomic mass is 16.7. The number of pyridine rings is 1. The Kier molecular flexibility index (Phi) is 3.69. The first-order valence-electron chi connectivity index (χ1n) is 7.58. The van der Waals surface area contributed by atoms with Gasteiger partial charge in [-0.3, -0.25) is 4.98 Å². The molecule has 2 heterocycles. The third-order valence-electron chi connectivity index (χ3n) is 4.66. The van der Waals surface area contributed by atoms with Crippen LogP contribution in [0.4, 0.5) is 0 Å². The molecule has 0 radical (unpaired) electrons. The Morgan fingerprint density at radius 3 is 2.43 bits per heavy atom. The van der Waals surface area contributed by atoms with Crippen molar-refractivity contribution in [2.75, 3.05) is 7.11 Å². The van der Waals surface area contributed by atoms with Crippen LogP contribution in [0.5, 0.6) is 0 Å². The Morgan fingerprint density at radius 2 is 1.83 bits per heavy atom. The van der Waals surface area contributed by atoms with Gasteiger partial charge in [-0.1, -0.05) is 18.2 Å². The number of rotatable bonds is 2. The lowest BCUT2D eigenvalue weighted by molar-refractivity contribution is 0.00578. The number of hydrogen-bond acceptors (Lipinski definition) is 5. The van der Waals surface area contributed by atoms with Crippen LogP contribution < -0.4 is 5.46 Å². The molecule has 0 saturated carbocycles. The molecule has 1 aromatic heterocycles. The fourth-order valence-electron chi connectivity index (χ4n) is 2.56. The van der Waals surface area contributed by atoms with Crippen LogP contribution in [0, 0.1) is 0 Å². The normalized spacial score (nSPS) is 19.1. The summed E-state index contributed by atoms with van der Waals surface area (Å²) in [6, 6.07) is 7.36. The Labute approximate surface area is 136 Å². The number of carbonyl (C=O) groups excluding carboxylic acids is 1. The fraction of sp³-hybridized carbons (Fsp3) is 0.412. The summed E-state index contributed by atoms with van der Waals surface area (Å²) in [5, 5.41) is 0.847. The summed E-state index contributed by atoms with van der Waals surface area (Å²) in [7, 11) is 0.888. The number of benzene rings is 1. The number of ether oxygens (including phenoxy) is 1. The molecule has 1 fully saturated rings. The molecule has 23 heavy (non-hydrogen) atoms. The van der Waals surface area contributed by atoms with E-state index >= 15 is 0 Å². The number of nitrogens with zero attached hydrogens (tertiary/aromatic N) is 1. The van der Waals surface area contributed by atoms with Crippen LogP contribution in [0.2, 0.25) is 0 Å². The van der Waals surface area contributed by atoms with Crippen molar-refractivity contribution in [1.82, 2.24) is 4.98 Å². The molecule has 0 N–H and O–H groups in total. The quantitative estimate of drug-likeness (QED) is 0.629. The summed E-state index contributed by atoms with van der Waals surface area (Å²) in [6.45, 7) is 8.04. The summed E-state index contributed by atoms with van der Waals surface area (Å²) >= 11 is 0. The molecule has 1 aliphatic rings. The lowest BCUT2D eigenvalue weighted by Gasteiger charge is -2.32. The van der Waals surface area contributed by atoms with Gasteiger partial charge in [0, 0.05) is 17.0 Å². The maximum absolute atomic E-state index is 11.8. The number of carbonyl (C=O) groups is 1. The van der Waals surface area contributed by atoms with Gasteiger partial charge in [0.15, 0.2) is 0 Å². The smallest absolute Gasteiger partial charge is 0.465 e. The van der Waals surface area contributed by atoms with Gasteiger partial charge >= 0.3 is 13.1 Å². The van der Waals surface area contributed by atoms with E-state index in [9.17, 15) is 4.79 Å². The van der Waals surface area contributed by atoms with Crippen molar-refractivity contribution >= 4 is 29.5 Å². The number of para-hydroxylation sites is 1. The van der Waals surface area contributed by atoms with E-state index < -0.39 is 24.3 Å². The van der Waals surface area contributed by atoms with Gasteiger partial charge in [0.05, 0.1) is 29.4 Å². The molecule has 1 aromatic carbocycles. The van der Waals surface area contributed by atoms with Crippen LogP contribution in [0.15, 0.2) is 30.5 Å². The van der Waals surface area contributed by atoms with Gasteiger partial charge < -0.3 is 14.0 Å². The van der Waals surface area contributed by atoms with Gasteiger partial charge in [-0.25, -0.2) is 4.79 Å². The van der Waals surface area contributed by atoms with Crippen molar-refractivity contribution in [2.24, 2.45) is 0 Å². The van der Waals surface area contributed by atoms with E-state index in [1.54, 1.807) is 12.3 Å². The van der Waals surface area contributed by atoms with Crippen LogP contribution in [0.3, 0.4) is 0 Å². The molecule has 120 valence electrons. The minimum atomic E-state index is -0.473. The average molecular weight is 313 g/mol. The van der Waals surface area contributed by atoms with Crippen molar-refractivity contribution in [3.8, 4) is 0 Å². The number of esters is 1. The monoisotopic (exact) mass is 313 g/mol. The van der Waals surface area contributed by atoms with Gasteiger partial charge in [-0.2, -0.15) is 0 Å². The molecule has 5 nitrogen and oxygen atoms in total. The minimum Gasteiger partial charge on any atom is -0.465 e. The molecule has 0 spiro atoms. The van der Waals surface area contributed by atoms with Crippen molar-refractivity contribution in [1.29, 1.82) is 0 Å². The lowest BCUT2D eigenvalue weighted by Crippen LogP contribution is -2.41. The topological polar surface area (TPSA) is 57.7 Å². The van der Waals surface area contributed by atoms with E-state index in [0.717, 1.165) is 10.8 Å². The second-order valence-corrected chi connectivity index (χ2v) is 6.73. The molecule has 1 aliphatic heterocycles. The highest BCUT2D eigenvalue weighted by Gasteiger charge is 2.51. The molecule has 0 amide bonds. The first-order chi connectivity index (χ1) is 10.7. The number of aromatic nitrogens is 1. The molecular formula is C17H20BNO4. The summed E-state index contributed by atoms with van der Waals surface area (Å²) in [6.07, 6.45) is 1.69. The lowest BCUT2D eigenvalue weighted by atomic mass is 9.79. The van der Waals surface area contributed by atoms with Crippen LogP contribution in [-0.4, -0.2) is 36.4 Å². The fourth-order valence-corrected chi connectivity index (χ4v) is 2.56. The number of fused-ring (bicyclic) bond motifs is 1. The Morgan fingerprint density at radius 1 is 1.17 bits per heavy atom. The van der Waals surface area contributed by atoms with Gasteiger partial charge in [0.25, 0.3) is 0 Å². The summed E-state index contributed by atoms with van der Waals surface area (Å²) < 4.78 is 16.9. The van der Waals surface area contributed by atoms with Crippen LogP contribution in [0.1, 0.15) is 38.1 Å². The average Bonchev–Trinajstić information content (AvgIpc) is 2.73. The summed E-state index contributed by atoms with van der Waals surface area (Å²) in [5.41, 5.74) is 1.09. The molecule has 0 bridgehead atoms. The molecule has 6 heteroatoms. The molecule has 0 atom stereocenters. The first-order valence-corrected chi connectivity index (χ1v) is 7.58. The number of hydrogen-bond donors (Lipinski definition) is 0. The van der Waals surface area contributed by atoms with E-state index in [1.807, 2.05) is 45.9 Å². The highest BCUT2D eigenvalue weighted by molar-refractivity contribution is 6.62. The standard InChI is InChI=1S/C17H20BNO4/c1-16(2)17(3,4)23-18(22-16)12-9-11-7-6-8-13(15(20)21-5)14(11)19-10-12/h6-10H,1-5H3. The van der Waals surface area contributed by atoms with Crippen LogP contribution in [-0.2, 0) is 14.0 Å². The summed E-state index contributed by atoms with van der Waals surface area (Å²) in [5.74, 6) is -0.397. The molecule has 1 saturated heterocycles. The second kappa shape index (κ2) is 5.32. The van der Waals surface area contributed by atoms with Crippen LogP contribution >= 0.6 is 0 Å². The van der Waals surface area contributed by atoms with Gasteiger partial charge in [-0.05, 0) is 33.8 Å². The van der Waals surface area contributed by atoms with Gasteiger partial charge in [-0.15, -0.1) is 0 Å². The molecule has 3 rings (SSSR count). The van der Waals surface area contributed by atoms with Crippen molar-refractivity contribution in [2.45, 2.75) is 38.9 Å². The Hall–Kier alpha value is -1.92. The molecular weight excluding hydrogens is 293 g/mol. The third-order valence-corrected chi connectivity index (χ3v) is 4.66. The van der Waals surface area contributed by atoms with E-state index in [4.69, 9.17) is 14.0 Å². The molecule has 0 aliphatic carbocycles. The zero-order chi connectivity index (χ0) is 16.8. The second-order valence-electron chi connectivity index (χ2n) is 6.73. The minimum absolute atomic E-state index is 0.397. The SMILES string of the molecule is COC(=O)c1cccc2cc(B3OC(C)(C)C(C)(C)O3)cnc12. The predicted octanol–water partition coefficient (Wildman–Crippen LogP) is 2.32. The van der Waals surface area contributed by atoms with Crippen molar-refractivity contribution in [3.63, 3.8) is 0 Å². The van der Waals surface area contributed by atoms with Gasteiger partial charge in [0.1, 0.15) is 0 Å². The van der Waals surface area contributed by atoms with E-state index in [0.29, 0.717) is 11.1 Å². The Bertz CT molecular complexity index is 756.